The number of hydrogen-bond donors (Lipinski definition) is 0. The third kappa shape index (κ3) is 2.90. The Bertz CT molecular complexity index is 105. The number of nitrogens with zero attached hydrogens (tertiary/aromatic N) is 1. The van der Waals surface area contributed by atoms with Gasteiger partial charge in [0, 0.05) is 19.3 Å². The zero-order chi connectivity index (χ0) is 7.98. The molecule has 0 N–H and O–H groups in total. The van der Waals surface area contributed by atoms with Gasteiger partial charge in [0.2, 0.25) is 0 Å². The van der Waals surface area contributed by atoms with Crippen LogP contribution in [0.2, 0.25) is 0 Å². The summed E-state index contributed by atoms with van der Waals surface area (Å²) < 4.78 is 0. The summed E-state index contributed by atoms with van der Waals surface area (Å²) in [6.07, 6.45) is 4.59. The molecule has 0 aromatic carbocycles. The largest absolute Gasteiger partial charge is 0.378 e. The summed E-state index contributed by atoms with van der Waals surface area (Å²) in [6.45, 7) is 7.67. The van der Waals surface area contributed by atoms with Crippen LogP contribution in [0.5, 0.6) is 0 Å². The minimum atomic E-state index is 1.11. The Morgan fingerprint density at radius 1 is 1.30 bits per heavy atom. The van der Waals surface area contributed by atoms with Gasteiger partial charge in [-0.3, -0.25) is 0 Å². The molecule has 0 saturated carbocycles. The summed E-state index contributed by atoms with van der Waals surface area (Å²) in [7, 11) is 2.14. The molecular weight excluding hydrogens is 122 g/mol. The van der Waals surface area contributed by atoms with Crippen molar-refractivity contribution in [2.45, 2.75) is 33.6 Å². The van der Waals surface area contributed by atoms with E-state index < -0.39 is 0 Å². The molecule has 0 aliphatic heterocycles. The molecule has 1 heteroatoms. The fraction of sp³-hybridized carbons (Fsp3) is 0.778. The Balaban J connectivity index is 3.92. The molecule has 0 unspecified atom stereocenters. The van der Waals surface area contributed by atoms with Crippen LogP contribution in [0.15, 0.2) is 11.8 Å². The van der Waals surface area contributed by atoms with Gasteiger partial charge in [-0.15, -0.1) is 0 Å². The first-order valence-electron chi connectivity index (χ1n) is 4.16. The average molecular weight is 141 g/mol. The van der Waals surface area contributed by atoms with E-state index in [1.807, 2.05) is 0 Å². The Labute approximate surface area is 64.7 Å². The van der Waals surface area contributed by atoms with Crippen molar-refractivity contribution in [1.82, 2.24) is 4.90 Å². The molecule has 1 nitrogen and oxygen atoms in total. The van der Waals surface area contributed by atoms with Crippen LogP contribution in [0.1, 0.15) is 33.6 Å². The Hall–Kier alpha value is -0.460. The standard InChI is InChI=1S/C9H19N/c1-5-8-9(6-2)10(4)7-3/h8H,5-7H2,1-4H3/b9-8+. The van der Waals surface area contributed by atoms with E-state index in [1.165, 1.54) is 5.70 Å². The first kappa shape index (κ1) is 9.54. The number of allylic oxidation sites excluding steroid dienone is 2. The summed E-state index contributed by atoms with van der Waals surface area (Å²) >= 11 is 0. The Morgan fingerprint density at radius 3 is 2.20 bits per heavy atom. The van der Waals surface area contributed by atoms with Gasteiger partial charge in [0.25, 0.3) is 0 Å². The maximum absolute atomic E-state index is 2.30. The fourth-order valence-electron chi connectivity index (χ4n) is 1.01. The molecule has 10 heavy (non-hydrogen) atoms. The van der Waals surface area contributed by atoms with Crippen molar-refractivity contribution >= 4 is 0 Å². The lowest BCUT2D eigenvalue weighted by molar-refractivity contribution is 0.426. The molecule has 0 fully saturated rings. The van der Waals surface area contributed by atoms with E-state index in [1.54, 1.807) is 0 Å². The average Bonchev–Trinajstić information content (AvgIpc) is 1.99. The molecule has 0 saturated heterocycles. The molecule has 0 amide bonds. The van der Waals surface area contributed by atoms with E-state index in [-0.39, 0.29) is 0 Å². The van der Waals surface area contributed by atoms with Gasteiger partial charge in [0.1, 0.15) is 0 Å². The van der Waals surface area contributed by atoms with Gasteiger partial charge in [-0.05, 0) is 19.8 Å². The van der Waals surface area contributed by atoms with Gasteiger partial charge in [0.05, 0.1) is 0 Å². The molecule has 0 aromatic rings. The Morgan fingerprint density at radius 2 is 1.90 bits per heavy atom. The van der Waals surface area contributed by atoms with E-state index in [0.29, 0.717) is 0 Å². The van der Waals surface area contributed by atoms with E-state index in [9.17, 15) is 0 Å². The van der Waals surface area contributed by atoms with Crippen molar-refractivity contribution in [1.29, 1.82) is 0 Å². The van der Waals surface area contributed by atoms with Gasteiger partial charge in [0.15, 0.2) is 0 Å². The van der Waals surface area contributed by atoms with Crippen LogP contribution in [-0.4, -0.2) is 18.5 Å². The quantitative estimate of drug-likeness (QED) is 0.581. The Kier molecular flexibility index (Phi) is 5.09. The predicted molar refractivity (Wildman–Crippen MR) is 47.0 cm³/mol. The molecule has 0 spiro atoms. The highest BCUT2D eigenvalue weighted by molar-refractivity contribution is 4.98. The third-order valence-corrected chi connectivity index (χ3v) is 1.77. The molecule has 0 rings (SSSR count). The lowest BCUT2D eigenvalue weighted by Crippen LogP contribution is -2.16. The van der Waals surface area contributed by atoms with E-state index in [0.717, 1.165) is 19.4 Å². The molecule has 0 aliphatic carbocycles. The first-order valence-corrected chi connectivity index (χ1v) is 4.16. The van der Waals surface area contributed by atoms with Gasteiger partial charge in [-0.25, -0.2) is 0 Å². The first-order chi connectivity index (χ1) is 4.76. The topological polar surface area (TPSA) is 3.24 Å². The van der Waals surface area contributed by atoms with Crippen molar-refractivity contribution < 1.29 is 0 Å². The SMILES string of the molecule is CC/C=C(\CC)N(C)CC. The predicted octanol–water partition coefficient (Wildman–Crippen LogP) is 2.64. The second-order valence-corrected chi connectivity index (χ2v) is 2.47. The van der Waals surface area contributed by atoms with Crippen molar-refractivity contribution in [3.63, 3.8) is 0 Å². The molecule has 0 atom stereocenters. The van der Waals surface area contributed by atoms with Gasteiger partial charge >= 0.3 is 0 Å². The summed E-state index contributed by atoms with van der Waals surface area (Å²) in [5.74, 6) is 0. The monoisotopic (exact) mass is 141 g/mol. The molecule has 60 valence electrons. The molecule has 0 bridgehead atoms. The maximum atomic E-state index is 2.30. The molecule has 0 aromatic heterocycles. The fourth-order valence-corrected chi connectivity index (χ4v) is 1.01. The minimum absolute atomic E-state index is 1.11. The van der Waals surface area contributed by atoms with Crippen molar-refractivity contribution in [3.8, 4) is 0 Å². The van der Waals surface area contributed by atoms with Gasteiger partial charge in [-0.1, -0.05) is 19.9 Å². The third-order valence-electron chi connectivity index (χ3n) is 1.77. The van der Waals surface area contributed by atoms with E-state index >= 15 is 0 Å². The molecule has 0 aliphatic rings. The normalized spacial score (nSPS) is 11.8. The van der Waals surface area contributed by atoms with E-state index in [2.05, 4.69) is 38.8 Å². The van der Waals surface area contributed by atoms with Gasteiger partial charge < -0.3 is 4.90 Å². The summed E-state index contributed by atoms with van der Waals surface area (Å²) in [6, 6.07) is 0. The molecular formula is C9H19N. The van der Waals surface area contributed by atoms with Crippen LogP contribution in [0.25, 0.3) is 0 Å². The van der Waals surface area contributed by atoms with Crippen LogP contribution in [0.3, 0.4) is 0 Å². The minimum Gasteiger partial charge on any atom is -0.378 e. The lowest BCUT2D eigenvalue weighted by Gasteiger charge is -2.19. The van der Waals surface area contributed by atoms with Crippen LogP contribution >= 0.6 is 0 Å². The number of rotatable bonds is 4. The van der Waals surface area contributed by atoms with E-state index in [4.69, 9.17) is 0 Å². The maximum Gasteiger partial charge on any atom is 0.0143 e. The summed E-state index contributed by atoms with van der Waals surface area (Å²) in [5.41, 5.74) is 1.46. The second-order valence-electron chi connectivity index (χ2n) is 2.47. The van der Waals surface area contributed by atoms with Crippen LogP contribution in [0, 0.1) is 0 Å². The second kappa shape index (κ2) is 5.33. The molecule has 0 radical (unpaired) electrons. The zero-order valence-corrected chi connectivity index (χ0v) is 7.65. The van der Waals surface area contributed by atoms with Crippen molar-refractivity contribution in [3.05, 3.63) is 11.8 Å². The number of hydrogen-bond acceptors (Lipinski definition) is 1. The van der Waals surface area contributed by atoms with Crippen molar-refractivity contribution in [2.24, 2.45) is 0 Å². The van der Waals surface area contributed by atoms with Gasteiger partial charge in [-0.2, -0.15) is 0 Å². The highest BCUT2D eigenvalue weighted by Crippen LogP contribution is 2.05. The lowest BCUT2D eigenvalue weighted by atomic mass is 10.2. The zero-order valence-electron chi connectivity index (χ0n) is 7.65. The van der Waals surface area contributed by atoms with Crippen LogP contribution in [-0.2, 0) is 0 Å². The summed E-state index contributed by atoms with van der Waals surface area (Å²) in [4.78, 5) is 2.30. The molecule has 0 heterocycles. The summed E-state index contributed by atoms with van der Waals surface area (Å²) in [5, 5.41) is 0. The van der Waals surface area contributed by atoms with Crippen molar-refractivity contribution in [2.75, 3.05) is 13.6 Å². The van der Waals surface area contributed by atoms with Crippen LogP contribution in [0.4, 0.5) is 0 Å². The highest BCUT2D eigenvalue weighted by atomic mass is 15.1. The smallest absolute Gasteiger partial charge is 0.0143 e. The van der Waals surface area contributed by atoms with Crippen LogP contribution < -0.4 is 0 Å². The highest BCUT2D eigenvalue weighted by Gasteiger charge is 1.96.